The van der Waals surface area contributed by atoms with Crippen molar-refractivity contribution in [2.24, 2.45) is 5.92 Å². The lowest BCUT2D eigenvalue weighted by atomic mass is 10.1. The minimum Gasteiger partial charge on any atom is -0.496 e. The van der Waals surface area contributed by atoms with Crippen LogP contribution >= 0.6 is 0 Å². The minimum atomic E-state index is -5.18. The Morgan fingerprint density at radius 1 is 1.23 bits per heavy atom. The molecule has 0 bridgehead atoms. The number of nitrogens with zero attached hydrogens (tertiary/aromatic N) is 3. The van der Waals surface area contributed by atoms with E-state index in [-0.39, 0.29) is 41.8 Å². The van der Waals surface area contributed by atoms with Crippen LogP contribution < -0.4 is 20.0 Å². The molecule has 1 unspecified atom stereocenters. The number of nitrogens with one attached hydrogen (secondary N) is 1. The molecule has 1 aromatic carbocycles. The normalized spacial score (nSPS) is 17.7. The Morgan fingerprint density at radius 3 is 2.69 bits per heavy atom. The molecule has 0 aliphatic carbocycles. The second-order valence-electron chi connectivity index (χ2n) is 7.93. The van der Waals surface area contributed by atoms with Crippen LogP contribution in [0.1, 0.15) is 22.3 Å². The zero-order chi connectivity index (χ0) is 25.2. The summed E-state index contributed by atoms with van der Waals surface area (Å²) >= 11 is 0. The zero-order valence-electron chi connectivity index (χ0n) is 18.9. The first-order valence-corrected chi connectivity index (χ1v) is 10.6. The topological polar surface area (TPSA) is 102 Å². The van der Waals surface area contributed by atoms with Gasteiger partial charge in [-0.3, -0.25) is 4.79 Å². The van der Waals surface area contributed by atoms with Crippen LogP contribution in [0.5, 0.6) is 11.6 Å². The Kier molecular flexibility index (Phi) is 6.98. The molecule has 1 atom stereocenters. The lowest BCUT2D eigenvalue weighted by Gasteiger charge is -2.29. The number of benzene rings is 1. The number of amides is 1. The lowest BCUT2D eigenvalue weighted by Crippen LogP contribution is -2.44. The summed E-state index contributed by atoms with van der Waals surface area (Å²) in [6, 6.07) is 7.69. The number of hydrazine groups is 1. The molecule has 1 fully saturated rings. The van der Waals surface area contributed by atoms with E-state index in [2.05, 4.69) is 10.3 Å². The average Bonchev–Trinajstić information content (AvgIpc) is 3.45. The molecule has 188 valence electrons. The molecule has 10 nitrogen and oxygen atoms in total. The van der Waals surface area contributed by atoms with Crippen LogP contribution in [-0.4, -0.2) is 62.0 Å². The fourth-order valence-corrected chi connectivity index (χ4v) is 3.86. The summed E-state index contributed by atoms with van der Waals surface area (Å²) < 4.78 is 54.6. The third-order valence-electron chi connectivity index (χ3n) is 5.53. The van der Waals surface area contributed by atoms with Gasteiger partial charge in [0.15, 0.2) is 0 Å². The molecule has 35 heavy (non-hydrogen) atoms. The molecule has 1 aromatic heterocycles. The number of hydrogen-bond donors (Lipinski definition) is 1. The molecule has 2 aromatic rings. The number of methoxy groups -OCH3 is 2. The lowest BCUT2D eigenvalue weighted by molar-refractivity contribution is -0.206. The predicted octanol–water partition coefficient (Wildman–Crippen LogP) is 2.95. The van der Waals surface area contributed by atoms with Crippen LogP contribution in [-0.2, 0) is 20.9 Å². The maximum Gasteiger partial charge on any atom is 0.493 e. The highest BCUT2D eigenvalue weighted by molar-refractivity contribution is 6.06. The summed E-state index contributed by atoms with van der Waals surface area (Å²) in [5, 5.41) is 4.93. The van der Waals surface area contributed by atoms with Crippen LogP contribution in [0.3, 0.4) is 0 Å². The van der Waals surface area contributed by atoms with Crippen molar-refractivity contribution in [3.8, 4) is 11.6 Å². The van der Waals surface area contributed by atoms with Crippen molar-refractivity contribution in [3.63, 3.8) is 0 Å². The van der Waals surface area contributed by atoms with E-state index in [4.69, 9.17) is 19.0 Å². The molecule has 0 saturated carbocycles. The van der Waals surface area contributed by atoms with E-state index in [9.17, 15) is 22.8 Å². The molecule has 1 saturated heterocycles. The Morgan fingerprint density at radius 2 is 2.03 bits per heavy atom. The largest absolute Gasteiger partial charge is 0.496 e. The van der Waals surface area contributed by atoms with Gasteiger partial charge in [0.1, 0.15) is 17.3 Å². The summed E-state index contributed by atoms with van der Waals surface area (Å²) in [5.74, 6) is -2.25. The van der Waals surface area contributed by atoms with E-state index >= 15 is 0 Å². The first-order chi connectivity index (χ1) is 16.7. The highest BCUT2D eigenvalue weighted by atomic mass is 19.4. The van der Waals surface area contributed by atoms with Gasteiger partial charge in [0.2, 0.25) is 5.88 Å². The van der Waals surface area contributed by atoms with Gasteiger partial charge in [0, 0.05) is 31.8 Å². The summed E-state index contributed by atoms with van der Waals surface area (Å²) in [7, 11) is 2.76. The zero-order valence-corrected chi connectivity index (χ0v) is 18.9. The van der Waals surface area contributed by atoms with Crippen molar-refractivity contribution in [3.05, 3.63) is 41.5 Å². The number of carbonyl (C=O) groups excluding carboxylic acids is 2. The van der Waals surface area contributed by atoms with Gasteiger partial charge in [-0.25, -0.2) is 4.79 Å². The minimum absolute atomic E-state index is 0.0419. The van der Waals surface area contributed by atoms with Crippen LogP contribution in [0.2, 0.25) is 0 Å². The number of ether oxygens (including phenoxy) is 3. The number of aromatic nitrogens is 1. The van der Waals surface area contributed by atoms with Crippen molar-refractivity contribution < 1.29 is 41.8 Å². The summed E-state index contributed by atoms with van der Waals surface area (Å²) in [6.07, 6.45) is -4.46. The predicted molar refractivity (Wildman–Crippen MR) is 116 cm³/mol. The maximum absolute atomic E-state index is 13.0. The molecule has 1 amide bonds. The van der Waals surface area contributed by atoms with Gasteiger partial charge in [-0.15, -0.1) is 5.17 Å². The number of alkyl halides is 3. The average molecular weight is 496 g/mol. The van der Waals surface area contributed by atoms with E-state index in [1.165, 1.54) is 31.4 Å². The maximum atomic E-state index is 13.0. The van der Waals surface area contributed by atoms with Crippen molar-refractivity contribution in [1.29, 1.82) is 0 Å². The first kappa shape index (κ1) is 24.5. The van der Waals surface area contributed by atoms with E-state index in [1.807, 2.05) is 0 Å². The smallest absolute Gasteiger partial charge is 0.493 e. The summed E-state index contributed by atoms with van der Waals surface area (Å²) in [4.78, 5) is 33.5. The summed E-state index contributed by atoms with van der Waals surface area (Å²) in [6.45, 7) is 1.39. The van der Waals surface area contributed by atoms with E-state index < -0.39 is 18.1 Å². The molecule has 0 spiro atoms. The van der Waals surface area contributed by atoms with Crippen molar-refractivity contribution >= 4 is 23.4 Å². The standard InChI is InChI=1S/C22H23F3N4O6/c1-32-17-9-16-14(8-15(17)20(30)27-18-4-3-5-19(26-18)33-2)11-28(10-13-6-7-34-12-13)29(16)35-21(31)22(23,24)25/h3-5,8-9,13H,6-7,10-12H2,1-2H3,(H,26,27,30). The van der Waals surface area contributed by atoms with Crippen LogP contribution in [0.15, 0.2) is 30.3 Å². The van der Waals surface area contributed by atoms with Crippen molar-refractivity contribution in [1.82, 2.24) is 9.99 Å². The Balaban J connectivity index is 1.63. The molecule has 0 radical (unpaired) electrons. The fourth-order valence-electron chi connectivity index (χ4n) is 3.86. The monoisotopic (exact) mass is 496 g/mol. The quantitative estimate of drug-likeness (QED) is 0.620. The summed E-state index contributed by atoms with van der Waals surface area (Å²) in [5.41, 5.74) is 0.766. The second kappa shape index (κ2) is 9.96. The van der Waals surface area contributed by atoms with E-state index in [0.717, 1.165) is 11.6 Å². The number of hydrogen-bond acceptors (Lipinski definition) is 9. The number of rotatable bonds is 7. The number of pyridine rings is 1. The molecule has 3 heterocycles. The highest BCUT2D eigenvalue weighted by Crippen LogP contribution is 2.39. The van der Waals surface area contributed by atoms with Gasteiger partial charge in [0.05, 0.1) is 26.4 Å². The fraction of sp³-hybridized carbons (Fsp3) is 0.409. The van der Waals surface area contributed by atoms with Crippen molar-refractivity contribution in [2.75, 3.05) is 44.5 Å². The molecular weight excluding hydrogens is 473 g/mol. The van der Waals surface area contributed by atoms with Crippen molar-refractivity contribution in [2.45, 2.75) is 19.1 Å². The van der Waals surface area contributed by atoms with Crippen LogP contribution in [0, 0.1) is 5.92 Å². The number of halogens is 3. The van der Waals surface area contributed by atoms with Gasteiger partial charge < -0.3 is 24.4 Å². The Labute approximate surface area is 198 Å². The molecule has 2 aliphatic heterocycles. The van der Waals surface area contributed by atoms with E-state index in [0.29, 0.717) is 24.7 Å². The number of fused-ring (bicyclic) bond motifs is 1. The SMILES string of the molecule is COc1cccc(NC(=O)c2cc3c(cc2OC)N(OC(=O)C(F)(F)F)N(CC2CCOC2)C3)n1. The first-order valence-electron chi connectivity index (χ1n) is 10.6. The second-order valence-corrected chi connectivity index (χ2v) is 7.93. The number of anilines is 2. The van der Waals surface area contributed by atoms with Crippen LogP contribution in [0.4, 0.5) is 24.7 Å². The molecule has 2 aliphatic rings. The van der Waals surface area contributed by atoms with Gasteiger partial charge in [-0.1, -0.05) is 6.07 Å². The Hall–Kier alpha value is -3.58. The van der Waals surface area contributed by atoms with Crippen LogP contribution in [0.25, 0.3) is 0 Å². The highest BCUT2D eigenvalue weighted by Gasteiger charge is 2.45. The Bertz CT molecular complexity index is 1110. The van der Waals surface area contributed by atoms with Gasteiger partial charge in [-0.05, 0) is 30.0 Å². The van der Waals surface area contributed by atoms with Gasteiger partial charge in [-0.2, -0.15) is 23.2 Å². The third kappa shape index (κ3) is 5.41. The molecule has 4 rings (SSSR count). The van der Waals surface area contributed by atoms with E-state index in [1.54, 1.807) is 18.2 Å². The molecule has 13 heteroatoms. The number of carbonyl (C=O) groups is 2. The molecule has 1 N–H and O–H groups in total. The van der Waals surface area contributed by atoms with Gasteiger partial charge in [0.25, 0.3) is 5.91 Å². The van der Waals surface area contributed by atoms with Gasteiger partial charge >= 0.3 is 12.1 Å². The molecular formula is C22H23F3N4O6. The third-order valence-corrected chi connectivity index (χ3v) is 5.53.